The highest BCUT2D eigenvalue weighted by Gasteiger charge is 2.36. The standard InChI is InChI=1S/C23H23F3N8O2/c1-2-3-7-12-33-19-18(28-21(29-19)23(24,25)26)20(35)34-16(30-31-22(33)34)10-11-17-27-15(32-36-17)13-14-8-5-4-6-9-14/h4-6,8-9H,2-3,7,10-13H2,1H3,(H,28,29). The molecule has 0 aliphatic heterocycles. The first kappa shape index (κ1) is 23.7. The van der Waals surface area contributed by atoms with Gasteiger partial charge in [-0.05, 0) is 12.0 Å². The molecule has 13 heteroatoms. The summed E-state index contributed by atoms with van der Waals surface area (Å²) < 4.78 is 48.1. The Hall–Kier alpha value is -4.03. The number of fused-ring (bicyclic) bond motifs is 2. The minimum Gasteiger partial charge on any atom is -0.339 e. The van der Waals surface area contributed by atoms with Crippen LogP contribution in [0.2, 0.25) is 0 Å². The number of H-pyrrole nitrogens is 1. The molecule has 0 bridgehead atoms. The van der Waals surface area contributed by atoms with Crippen molar-refractivity contribution in [3.05, 3.63) is 69.6 Å². The Bertz CT molecular complexity index is 1550. The summed E-state index contributed by atoms with van der Waals surface area (Å²) in [6.07, 6.45) is -1.23. The first-order valence-electron chi connectivity index (χ1n) is 11.6. The Kier molecular flexibility index (Phi) is 6.29. The van der Waals surface area contributed by atoms with Crippen molar-refractivity contribution in [1.29, 1.82) is 0 Å². The average molecular weight is 500 g/mol. The van der Waals surface area contributed by atoms with Crippen LogP contribution in [0.1, 0.15) is 55.1 Å². The number of halogens is 3. The van der Waals surface area contributed by atoms with Gasteiger partial charge < -0.3 is 9.51 Å². The molecule has 4 aromatic heterocycles. The fraction of sp³-hybridized carbons (Fsp3) is 0.391. The predicted molar refractivity (Wildman–Crippen MR) is 122 cm³/mol. The van der Waals surface area contributed by atoms with E-state index in [0.717, 1.165) is 18.4 Å². The SMILES string of the molecule is CCCCCn1c2nc(C(F)(F)F)[nH]c2c(=O)n2c(CCc3nc(Cc4ccccc4)no3)nnc12. The first-order chi connectivity index (χ1) is 17.3. The summed E-state index contributed by atoms with van der Waals surface area (Å²) in [6.45, 7) is 2.37. The molecule has 0 spiro atoms. The zero-order valence-corrected chi connectivity index (χ0v) is 19.4. The molecule has 0 saturated heterocycles. The van der Waals surface area contributed by atoms with Gasteiger partial charge in [-0.3, -0.25) is 9.36 Å². The second kappa shape index (κ2) is 9.55. The fourth-order valence-corrected chi connectivity index (χ4v) is 4.09. The van der Waals surface area contributed by atoms with Crippen LogP contribution in [-0.4, -0.2) is 39.3 Å². The quantitative estimate of drug-likeness (QED) is 0.306. The lowest BCUT2D eigenvalue weighted by Crippen LogP contribution is -2.21. The number of hydrogen-bond donors (Lipinski definition) is 1. The number of benzene rings is 1. The molecule has 10 nitrogen and oxygen atoms in total. The average Bonchev–Trinajstić information content (AvgIpc) is 3.59. The van der Waals surface area contributed by atoms with Gasteiger partial charge in [0.15, 0.2) is 17.0 Å². The Labute approximate surface area is 202 Å². The van der Waals surface area contributed by atoms with Crippen molar-refractivity contribution in [2.75, 3.05) is 0 Å². The van der Waals surface area contributed by atoms with E-state index in [4.69, 9.17) is 4.52 Å². The lowest BCUT2D eigenvalue weighted by Gasteiger charge is -2.09. The van der Waals surface area contributed by atoms with Crippen molar-refractivity contribution >= 4 is 16.9 Å². The summed E-state index contributed by atoms with van der Waals surface area (Å²) >= 11 is 0. The van der Waals surface area contributed by atoms with Gasteiger partial charge in [-0.15, -0.1) is 10.2 Å². The second-order valence-corrected chi connectivity index (χ2v) is 8.46. The van der Waals surface area contributed by atoms with Gasteiger partial charge in [0.2, 0.25) is 17.5 Å². The number of unbranched alkanes of at least 4 members (excludes halogenated alkanes) is 2. The Morgan fingerprint density at radius 1 is 1.06 bits per heavy atom. The van der Waals surface area contributed by atoms with Crippen molar-refractivity contribution in [1.82, 2.24) is 39.3 Å². The zero-order chi connectivity index (χ0) is 25.3. The number of aryl methyl sites for hydroxylation is 3. The van der Waals surface area contributed by atoms with Crippen LogP contribution < -0.4 is 5.56 Å². The predicted octanol–water partition coefficient (Wildman–Crippen LogP) is 3.74. The topological polar surface area (TPSA) is 120 Å². The molecule has 5 rings (SSSR count). The molecule has 0 amide bonds. The number of aromatic nitrogens is 8. The lowest BCUT2D eigenvalue weighted by atomic mass is 10.1. The number of hydrogen-bond acceptors (Lipinski definition) is 7. The number of nitrogens with zero attached hydrogens (tertiary/aromatic N) is 7. The van der Waals surface area contributed by atoms with Gasteiger partial charge in [0.05, 0.1) is 0 Å². The smallest absolute Gasteiger partial charge is 0.339 e. The molecule has 0 saturated carbocycles. The van der Waals surface area contributed by atoms with Crippen LogP contribution in [-0.2, 0) is 32.0 Å². The summed E-state index contributed by atoms with van der Waals surface area (Å²) in [5.41, 5.74) is 0.0245. The molecule has 36 heavy (non-hydrogen) atoms. The summed E-state index contributed by atoms with van der Waals surface area (Å²) in [5.74, 6) is 0.0991. The van der Waals surface area contributed by atoms with Gasteiger partial charge in [-0.1, -0.05) is 55.3 Å². The van der Waals surface area contributed by atoms with Crippen molar-refractivity contribution in [2.45, 2.75) is 58.2 Å². The highest BCUT2D eigenvalue weighted by molar-refractivity contribution is 5.73. The van der Waals surface area contributed by atoms with E-state index in [0.29, 0.717) is 31.1 Å². The van der Waals surface area contributed by atoms with Gasteiger partial charge in [0.1, 0.15) is 5.82 Å². The number of aromatic amines is 1. The van der Waals surface area contributed by atoms with Crippen LogP contribution in [0.4, 0.5) is 13.2 Å². The van der Waals surface area contributed by atoms with E-state index in [1.54, 1.807) is 0 Å². The van der Waals surface area contributed by atoms with Crippen LogP contribution in [0, 0.1) is 0 Å². The third kappa shape index (κ3) is 4.60. The third-order valence-electron chi connectivity index (χ3n) is 5.84. The van der Waals surface area contributed by atoms with Crippen LogP contribution in [0.5, 0.6) is 0 Å². The number of alkyl halides is 3. The van der Waals surface area contributed by atoms with Crippen molar-refractivity contribution in [3.63, 3.8) is 0 Å². The molecule has 0 aliphatic carbocycles. The maximum atomic E-state index is 13.3. The molecule has 0 fully saturated rings. The Balaban J connectivity index is 1.46. The molecule has 1 aromatic carbocycles. The van der Waals surface area contributed by atoms with Gasteiger partial charge >= 0.3 is 6.18 Å². The lowest BCUT2D eigenvalue weighted by molar-refractivity contribution is -0.144. The number of nitrogens with one attached hydrogen (secondary N) is 1. The van der Waals surface area contributed by atoms with Gasteiger partial charge in [0, 0.05) is 25.8 Å². The summed E-state index contributed by atoms with van der Waals surface area (Å²) in [6, 6.07) is 9.70. The van der Waals surface area contributed by atoms with E-state index in [2.05, 4.69) is 30.3 Å². The van der Waals surface area contributed by atoms with Crippen molar-refractivity contribution < 1.29 is 17.7 Å². The monoisotopic (exact) mass is 500 g/mol. The minimum atomic E-state index is -4.72. The Morgan fingerprint density at radius 3 is 2.61 bits per heavy atom. The molecule has 4 heterocycles. The normalized spacial score (nSPS) is 12.2. The Morgan fingerprint density at radius 2 is 1.86 bits per heavy atom. The summed E-state index contributed by atoms with van der Waals surface area (Å²) in [7, 11) is 0. The zero-order valence-electron chi connectivity index (χ0n) is 19.4. The molecule has 0 aliphatic rings. The molecule has 1 N–H and O–H groups in total. The molecule has 5 aromatic rings. The molecule has 188 valence electrons. The number of rotatable bonds is 9. The van der Waals surface area contributed by atoms with E-state index >= 15 is 0 Å². The van der Waals surface area contributed by atoms with E-state index in [1.165, 1.54) is 8.97 Å². The molecular weight excluding hydrogens is 477 g/mol. The summed E-state index contributed by atoms with van der Waals surface area (Å²) in [5, 5.41) is 12.3. The molecule has 0 atom stereocenters. The van der Waals surface area contributed by atoms with Crippen LogP contribution in [0.25, 0.3) is 16.9 Å². The summed E-state index contributed by atoms with van der Waals surface area (Å²) in [4.78, 5) is 23.4. The minimum absolute atomic E-state index is 0.0858. The fourth-order valence-electron chi connectivity index (χ4n) is 4.09. The van der Waals surface area contributed by atoms with Gasteiger partial charge in [-0.2, -0.15) is 18.2 Å². The van der Waals surface area contributed by atoms with Crippen LogP contribution in [0.3, 0.4) is 0 Å². The number of imidazole rings is 1. The third-order valence-corrected chi connectivity index (χ3v) is 5.84. The van der Waals surface area contributed by atoms with E-state index in [1.807, 2.05) is 37.3 Å². The molecular formula is C23H23F3N8O2. The largest absolute Gasteiger partial charge is 0.449 e. The van der Waals surface area contributed by atoms with E-state index in [9.17, 15) is 18.0 Å². The first-order valence-corrected chi connectivity index (χ1v) is 11.6. The highest BCUT2D eigenvalue weighted by Crippen LogP contribution is 2.28. The van der Waals surface area contributed by atoms with E-state index < -0.39 is 17.6 Å². The molecule has 0 radical (unpaired) electrons. The maximum absolute atomic E-state index is 13.3. The second-order valence-electron chi connectivity index (χ2n) is 8.46. The van der Waals surface area contributed by atoms with Crippen molar-refractivity contribution in [2.24, 2.45) is 0 Å². The van der Waals surface area contributed by atoms with Crippen LogP contribution in [0.15, 0.2) is 39.6 Å². The maximum Gasteiger partial charge on any atom is 0.449 e. The van der Waals surface area contributed by atoms with Gasteiger partial charge in [-0.25, -0.2) is 9.38 Å². The highest BCUT2D eigenvalue weighted by atomic mass is 19.4. The molecule has 0 unspecified atom stereocenters. The van der Waals surface area contributed by atoms with E-state index in [-0.39, 0.29) is 35.6 Å². The van der Waals surface area contributed by atoms with Gasteiger partial charge in [0.25, 0.3) is 5.56 Å². The van der Waals surface area contributed by atoms with Crippen molar-refractivity contribution in [3.8, 4) is 0 Å². The van der Waals surface area contributed by atoms with Crippen LogP contribution >= 0.6 is 0 Å².